The van der Waals surface area contributed by atoms with E-state index in [0.29, 0.717) is 6.42 Å². The van der Waals surface area contributed by atoms with Crippen LogP contribution < -0.4 is 5.32 Å². The maximum Gasteiger partial charge on any atom is 0.405 e. The Morgan fingerprint density at radius 1 is 1.39 bits per heavy atom. The fourth-order valence-corrected chi connectivity index (χ4v) is 2.02. The van der Waals surface area contributed by atoms with Gasteiger partial charge >= 0.3 is 18.2 Å². The summed E-state index contributed by atoms with van der Waals surface area (Å²) in [7, 11) is 0. The molecule has 0 aliphatic carbocycles. The third kappa shape index (κ3) is 3.78. The molecule has 104 valence electrons. The molecule has 1 saturated heterocycles. The number of nitrogens with one attached hydrogen (secondary N) is 1. The van der Waals surface area contributed by atoms with Crippen molar-refractivity contribution in [3.8, 4) is 0 Å². The van der Waals surface area contributed by atoms with Gasteiger partial charge in [-0.1, -0.05) is 13.3 Å². The van der Waals surface area contributed by atoms with Crippen molar-refractivity contribution >= 4 is 12.0 Å². The SMILES string of the molecule is CC[C@@H]1CN(C(=O)NCC(F)(F)F)C[C@@H]1C(=O)O. The van der Waals surface area contributed by atoms with Gasteiger partial charge in [-0.25, -0.2) is 4.79 Å². The quantitative estimate of drug-likeness (QED) is 0.810. The normalized spacial score (nSPS) is 24.1. The number of hydrogen-bond donors (Lipinski definition) is 2. The summed E-state index contributed by atoms with van der Waals surface area (Å²) in [5.41, 5.74) is 0. The molecule has 1 fully saturated rings. The molecule has 0 unspecified atom stereocenters. The number of alkyl halides is 3. The summed E-state index contributed by atoms with van der Waals surface area (Å²) in [6.45, 7) is 0.517. The monoisotopic (exact) mass is 268 g/mol. The number of aliphatic carboxylic acids is 1. The van der Waals surface area contributed by atoms with E-state index in [1.807, 2.05) is 0 Å². The first-order chi connectivity index (χ1) is 8.24. The first kappa shape index (κ1) is 14.6. The van der Waals surface area contributed by atoms with E-state index >= 15 is 0 Å². The molecule has 1 aliphatic rings. The summed E-state index contributed by atoms with van der Waals surface area (Å²) >= 11 is 0. The third-order valence-corrected chi connectivity index (χ3v) is 3.01. The smallest absolute Gasteiger partial charge is 0.405 e. The lowest BCUT2D eigenvalue weighted by Crippen LogP contribution is -2.43. The summed E-state index contributed by atoms with van der Waals surface area (Å²) in [4.78, 5) is 23.5. The average molecular weight is 268 g/mol. The fourth-order valence-electron chi connectivity index (χ4n) is 2.02. The second-order valence-electron chi connectivity index (χ2n) is 4.29. The Bertz CT molecular complexity index is 333. The lowest BCUT2D eigenvalue weighted by Gasteiger charge is -2.17. The zero-order valence-corrected chi connectivity index (χ0v) is 9.83. The molecule has 2 amide bonds. The number of halogens is 3. The fraction of sp³-hybridized carbons (Fsp3) is 0.800. The van der Waals surface area contributed by atoms with E-state index in [1.54, 1.807) is 12.2 Å². The first-order valence-electron chi connectivity index (χ1n) is 5.57. The average Bonchev–Trinajstić information content (AvgIpc) is 2.68. The largest absolute Gasteiger partial charge is 0.481 e. The minimum atomic E-state index is -4.47. The van der Waals surface area contributed by atoms with Gasteiger partial charge in [0.1, 0.15) is 6.54 Å². The van der Waals surface area contributed by atoms with Crippen molar-refractivity contribution in [2.24, 2.45) is 11.8 Å². The van der Waals surface area contributed by atoms with Gasteiger partial charge < -0.3 is 15.3 Å². The van der Waals surface area contributed by atoms with Crippen LogP contribution in [0.15, 0.2) is 0 Å². The molecule has 2 atom stereocenters. The van der Waals surface area contributed by atoms with Crippen molar-refractivity contribution < 1.29 is 27.9 Å². The Labute approximate surface area is 102 Å². The van der Waals surface area contributed by atoms with Gasteiger partial charge in [-0.15, -0.1) is 0 Å². The van der Waals surface area contributed by atoms with Crippen LogP contribution in [0, 0.1) is 11.8 Å². The van der Waals surface area contributed by atoms with Gasteiger partial charge in [-0.05, 0) is 5.92 Å². The minimum absolute atomic E-state index is 0.0441. The number of rotatable bonds is 3. The molecule has 0 spiro atoms. The van der Waals surface area contributed by atoms with Gasteiger partial charge in [0.2, 0.25) is 0 Å². The molecule has 8 heteroatoms. The van der Waals surface area contributed by atoms with Crippen LogP contribution in [0.2, 0.25) is 0 Å². The van der Waals surface area contributed by atoms with Crippen molar-refractivity contribution in [3.63, 3.8) is 0 Å². The lowest BCUT2D eigenvalue weighted by atomic mass is 9.94. The van der Waals surface area contributed by atoms with E-state index in [0.717, 1.165) is 4.90 Å². The van der Waals surface area contributed by atoms with Gasteiger partial charge in [-0.3, -0.25) is 4.79 Å². The Balaban J connectivity index is 2.54. The second-order valence-corrected chi connectivity index (χ2v) is 4.29. The third-order valence-electron chi connectivity index (χ3n) is 3.01. The lowest BCUT2D eigenvalue weighted by molar-refractivity contribution is -0.142. The highest BCUT2D eigenvalue weighted by atomic mass is 19.4. The molecule has 18 heavy (non-hydrogen) atoms. The Morgan fingerprint density at radius 3 is 2.39 bits per heavy atom. The summed E-state index contributed by atoms with van der Waals surface area (Å²) < 4.78 is 35.8. The van der Waals surface area contributed by atoms with E-state index in [1.165, 1.54) is 0 Å². The summed E-state index contributed by atoms with van der Waals surface area (Å²) in [6, 6.07) is -0.866. The highest BCUT2D eigenvalue weighted by molar-refractivity contribution is 5.77. The molecule has 0 saturated carbocycles. The molecule has 5 nitrogen and oxygen atoms in total. The van der Waals surface area contributed by atoms with Crippen molar-refractivity contribution in [1.29, 1.82) is 0 Å². The number of carbonyl (C=O) groups is 2. The molecule has 1 rings (SSSR count). The molecule has 1 heterocycles. The highest BCUT2D eigenvalue weighted by Gasteiger charge is 2.39. The van der Waals surface area contributed by atoms with E-state index in [9.17, 15) is 22.8 Å². The molecule has 0 aromatic rings. The van der Waals surface area contributed by atoms with Gasteiger partial charge in [0, 0.05) is 13.1 Å². The van der Waals surface area contributed by atoms with Gasteiger partial charge in [0.25, 0.3) is 0 Å². The Hall–Kier alpha value is -1.47. The van der Waals surface area contributed by atoms with Crippen LogP contribution in [-0.4, -0.2) is 47.8 Å². The van der Waals surface area contributed by atoms with Crippen LogP contribution >= 0.6 is 0 Å². The topological polar surface area (TPSA) is 69.6 Å². The zero-order valence-electron chi connectivity index (χ0n) is 9.83. The van der Waals surface area contributed by atoms with Crippen molar-refractivity contribution in [2.45, 2.75) is 19.5 Å². The number of carboxylic acids is 1. The number of nitrogens with zero attached hydrogens (tertiary/aromatic N) is 1. The number of carboxylic acid groups (broad SMARTS) is 1. The van der Waals surface area contributed by atoms with E-state index < -0.39 is 30.6 Å². The number of carbonyl (C=O) groups excluding carboxylic acids is 1. The van der Waals surface area contributed by atoms with Crippen LogP contribution in [-0.2, 0) is 4.79 Å². The van der Waals surface area contributed by atoms with Crippen molar-refractivity contribution in [3.05, 3.63) is 0 Å². The minimum Gasteiger partial charge on any atom is -0.481 e. The predicted octanol–water partition coefficient (Wildman–Crippen LogP) is 1.30. The molecule has 0 aromatic heterocycles. The predicted molar refractivity (Wildman–Crippen MR) is 55.9 cm³/mol. The van der Waals surface area contributed by atoms with Crippen LogP contribution in [0.1, 0.15) is 13.3 Å². The summed E-state index contributed by atoms with van der Waals surface area (Å²) in [5.74, 6) is -1.93. The van der Waals surface area contributed by atoms with Crippen LogP contribution in [0.25, 0.3) is 0 Å². The molecule has 0 radical (unpaired) electrons. The Kier molecular flexibility index (Phi) is 4.42. The zero-order chi connectivity index (χ0) is 13.9. The summed E-state index contributed by atoms with van der Waals surface area (Å²) in [5, 5.41) is 10.7. The number of hydrogen-bond acceptors (Lipinski definition) is 2. The molecule has 0 aromatic carbocycles. The second kappa shape index (κ2) is 5.45. The first-order valence-corrected chi connectivity index (χ1v) is 5.57. The highest BCUT2D eigenvalue weighted by Crippen LogP contribution is 2.26. The van der Waals surface area contributed by atoms with Crippen molar-refractivity contribution in [1.82, 2.24) is 10.2 Å². The van der Waals surface area contributed by atoms with Gasteiger partial charge in [0.05, 0.1) is 5.92 Å². The number of amides is 2. The summed E-state index contributed by atoms with van der Waals surface area (Å²) in [6.07, 6.45) is -3.90. The van der Waals surface area contributed by atoms with Crippen LogP contribution in [0.5, 0.6) is 0 Å². The Morgan fingerprint density at radius 2 is 2.00 bits per heavy atom. The van der Waals surface area contributed by atoms with Crippen LogP contribution in [0.4, 0.5) is 18.0 Å². The van der Waals surface area contributed by atoms with Crippen molar-refractivity contribution in [2.75, 3.05) is 19.6 Å². The molecular weight excluding hydrogens is 253 g/mol. The standard InChI is InChI=1S/C10H15F3N2O3/c1-2-6-3-15(4-7(6)8(16)17)9(18)14-5-10(11,12)13/h6-7H,2-5H2,1H3,(H,14,18)(H,16,17)/t6-,7+/m1/s1. The molecular formula is C10H15F3N2O3. The number of urea groups is 1. The maximum atomic E-state index is 11.9. The molecule has 0 bridgehead atoms. The van der Waals surface area contributed by atoms with Gasteiger partial charge in [0.15, 0.2) is 0 Å². The molecule has 1 aliphatic heterocycles. The maximum absolute atomic E-state index is 11.9. The van der Waals surface area contributed by atoms with Crippen LogP contribution in [0.3, 0.4) is 0 Å². The van der Waals surface area contributed by atoms with E-state index in [4.69, 9.17) is 5.11 Å². The van der Waals surface area contributed by atoms with E-state index in [-0.39, 0.29) is 19.0 Å². The molecule has 2 N–H and O–H groups in total. The van der Waals surface area contributed by atoms with Gasteiger partial charge in [-0.2, -0.15) is 13.2 Å². The number of likely N-dealkylation sites (tertiary alicyclic amines) is 1. The van der Waals surface area contributed by atoms with E-state index in [2.05, 4.69) is 0 Å².